The molecule has 2 heterocycles. The SMILES string of the molecule is COCOc1cc(OCCN=[N+]=[N-])cc2c1C(=O)OC(C)[C@H](C)CCC(OC(=O)c1ccccc1)C1OC(C)(C)OC1CCC2. The predicted octanol–water partition coefficient (Wildman–Crippen LogP) is 6.40. The van der Waals surface area contributed by atoms with Gasteiger partial charge < -0.3 is 33.2 Å². The first-order valence-corrected chi connectivity index (χ1v) is 15.4. The van der Waals surface area contributed by atoms with Crippen LogP contribution in [0.5, 0.6) is 11.5 Å². The van der Waals surface area contributed by atoms with Crippen molar-refractivity contribution in [1.82, 2.24) is 0 Å². The van der Waals surface area contributed by atoms with Crippen LogP contribution < -0.4 is 9.47 Å². The number of nitrogens with zero attached hydrogens (tertiary/aromatic N) is 3. The van der Waals surface area contributed by atoms with E-state index in [-0.39, 0.29) is 37.7 Å². The summed E-state index contributed by atoms with van der Waals surface area (Å²) in [6, 6.07) is 12.3. The molecule has 1 fully saturated rings. The molecule has 0 aromatic heterocycles. The Morgan fingerprint density at radius 3 is 2.60 bits per heavy atom. The van der Waals surface area contributed by atoms with E-state index < -0.39 is 36.0 Å². The number of ether oxygens (including phenoxy) is 7. The van der Waals surface area contributed by atoms with E-state index >= 15 is 0 Å². The van der Waals surface area contributed by atoms with E-state index in [4.69, 9.17) is 38.7 Å². The van der Waals surface area contributed by atoms with E-state index in [1.54, 1.807) is 36.4 Å². The first-order valence-electron chi connectivity index (χ1n) is 15.4. The molecule has 4 unspecified atom stereocenters. The van der Waals surface area contributed by atoms with E-state index in [2.05, 4.69) is 10.0 Å². The average molecular weight is 626 g/mol. The van der Waals surface area contributed by atoms with Gasteiger partial charge in [-0.3, -0.25) is 0 Å². The largest absolute Gasteiger partial charge is 0.493 e. The van der Waals surface area contributed by atoms with Crippen LogP contribution in [0, 0.1) is 5.92 Å². The van der Waals surface area contributed by atoms with Crippen molar-refractivity contribution in [2.45, 2.75) is 90.0 Å². The third kappa shape index (κ3) is 9.34. The minimum atomic E-state index is -0.870. The lowest BCUT2D eigenvalue weighted by Gasteiger charge is -2.29. The molecule has 0 spiro atoms. The molecule has 0 saturated carbocycles. The summed E-state index contributed by atoms with van der Waals surface area (Å²) in [5.41, 5.74) is 10.0. The molecule has 0 amide bonds. The second-order valence-corrected chi connectivity index (χ2v) is 11.8. The molecule has 5 atom stereocenters. The number of cyclic esters (lactones) is 1. The van der Waals surface area contributed by atoms with Gasteiger partial charge in [0.1, 0.15) is 35.4 Å². The normalized spacial score (nSPS) is 25.0. The fourth-order valence-corrected chi connectivity index (χ4v) is 5.61. The Hall–Kier alpha value is -3.83. The predicted molar refractivity (Wildman–Crippen MR) is 164 cm³/mol. The zero-order valence-corrected chi connectivity index (χ0v) is 26.6. The maximum atomic E-state index is 13.7. The molecule has 2 aromatic carbocycles. The molecule has 0 radical (unpaired) electrons. The summed E-state index contributed by atoms with van der Waals surface area (Å²) in [6.45, 7) is 7.78. The molecule has 2 aromatic rings. The van der Waals surface area contributed by atoms with Gasteiger partial charge >= 0.3 is 11.9 Å². The summed E-state index contributed by atoms with van der Waals surface area (Å²) in [5.74, 6) is -1.15. The monoisotopic (exact) mass is 625 g/mol. The molecule has 2 aliphatic heterocycles. The fraction of sp³-hybridized carbons (Fsp3) is 0.576. The van der Waals surface area contributed by atoms with Crippen molar-refractivity contribution in [3.63, 3.8) is 0 Å². The van der Waals surface area contributed by atoms with Crippen LogP contribution >= 0.6 is 0 Å². The number of hydrogen-bond donors (Lipinski definition) is 0. The zero-order valence-electron chi connectivity index (χ0n) is 26.6. The van der Waals surface area contributed by atoms with E-state index in [0.717, 1.165) is 0 Å². The van der Waals surface area contributed by atoms with Crippen LogP contribution in [0.3, 0.4) is 0 Å². The highest BCUT2D eigenvalue weighted by Crippen LogP contribution is 2.37. The number of rotatable bonds is 9. The van der Waals surface area contributed by atoms with Crippen molar-refractivity contribution in [2.75, 3.05) is 27.1 Å². The summed E-state index contributed by atoms with van der Waals surface area (Å²) in [5, 5.41) is 3.52. The van der Waals surface area contributed by atoms with Crippen molar-refractivity contribution < 1.29 is 42.7 Å². The molecule has 1 saturated heterocycles. The van der Waals surface area contributed by atoms with Gasteiger partial charge in [0, 0.05) is 18.1 Å². The minimum Gasteiger partial charge on any atom is -0.493 e. The molecule has 244 valence electrons. The van der Waals surface area contributed by atoms with Gasteiger partial charge in [0.05, 0.1) is 24.8 Å². The minimum absolute atomic E-state index is 0.0707. The maximum Gasteiger partial charge on any atom is 0.342 e. The number of carbonyl (C=O) groups is 2. The van der Waals surface area contributed by atoms with Gasteiger partial charge in [0.2, 0.25) is 0 Å². The second-order valence-electron chi connectivity index (χ2n) is 11.8. The first kappa shape index (κ1) is 34.1. The van der Waals surface area contributed by atoms with Crippen LogP contribution in [0.25, 0.3) is 10.4 Å². The Morgan fingerprint density at radius 1 is 1.09 bits per heavy atom. The molecule has 0 N–H and O–H groups in total. The summed E-state index contributed by atoms with van der Waals surface area (Å²) >= 11 is 0. The topological polar surface area (TPSA) is 148 Å². The van der Waals surface area contributed by atoms with E-state index in [0.29, 0.717) is 54.5 Å². The van der Waals surface area contributed by atoms with E-state index in [1.807, 2.05) is 33.8 Å². The number of carbonyl (C=O) groups excluding carboxylic acids is 2. The molecule has 45 heavy (non-hydrogen) atoms. The third-order valence-corrected chi connectivity index (χ3v) is 8.01. The number of esters is 2. The van der Waals surface area contributed by atoms with Crippen LogP contribution in [0.15, 0.2) is 47.6 Å². The average Bonchev–Trinajstić information content (AvgIpc) is 3.33. The molecule has 12 nitrogen and oxygen atoms in total. The lowest BCUT2D eigenvalue weighted by Crippen LogP contribution is -2.39. The lowest BCUT2D eigenvalue weighted by atomic mass is 9.92. The van der Waals surface area contributed by atoms with Gasteiger partial charge in [-0.2, -0.15) is 0 Å². The Labute approximate surface area is 263 Å². The quantitative estimate of drug-likeness (QED) is 0.0771. The highest BCUT2D eigenvalue weighted by atomic mass is 16.8. The van der Waals surface area contributed by atoms with Crippen LogP contribution in [0.2, 0.25) is 0 Å². The van der Waals surface area contributed by atoms with Crippen molar-refractivity contribution >= 4 is 11.9 Å². The Kier molecular flexibility index (Phi) is 12.1. The molecular formula is C33H43N3O9. The zero-order chi connectivity index (χ0) is 32.4. The third-order valence-electron chi connectivity index (χ3n) is 8.01. The standard InChI is InChI=1S/C33H43N3O9/c1-21-14-15-26(43-31(37)23-10-7-6-8-11-23)30-27(44-33(3,4)45-30)13-9-12-24-18-25(40-17-16-35-36-34)19-28(41-20-39-5)29(24)32(38)42-22(21)2/h6-8,10-11,18-19,21-22,26-27,30H,9,12-17,20H2,1-5H3/t21-,22?,26?,27?,30?/m1/s1. The van der Waals surface area contributed by atoms with E-state index in [9.17, 15) is 9.59 Å². The molecule has 0 bridgehead atoms. The second kappa shape index (κ2) is 15.9. The van der Waals surface area contributed by atoms with Crippen molar-refractivity contribution in [1.29, 1.82) is 0 Å². The number of aryl methyl sites for hydroxylation is 1. The van der Waals surface area contributed by atoms with Crippen LogP contribution in [-0.2, 0) is 30.1 Å². The highest BCUT2D eigenvalue weighted by Gasteiger charge is 2.46. The fourth-order valence-electron chi connectivity index (χ4n) is 5.61. The number of azide groups is 1. The van der Waals surface area contributed by atoms with Crippen molar-refractivity contribution in [2.24, 2.45) is 11.0 Å². The summed E-state index contributed by atoms with van der Waals surface area (Å²) in [7, 11) is 1.49. The number of methoxy groups -OCH3 is 1. The lowest BCUT2D eigenvalue weighted by molar-refractivity contribution is -0.156. The van der Waals surface area contributed by atoms with Crippen LogP contribution in [0.4, 0.5) is 0 Å². The molecule has 0 aliphatic carbocycles. The smallest absolute Gasteiger partial charge is 0.342 e. The van der Waals surface area contributed by atoms with Crippen molar-refractivity contribution in [3.05, 3.63) is 69.6 Å². The highest BCUT2D eigenvalue weighted by molar-refractivity contribution is 5.94. The van der Waals surface area contributed by atoms with Gasteiger partial charge in [-0.1, -0.05) is 30.2 Å². The molecule has 12 heteroatoms. The van der Waals surface area contributed by atoms with Gasteiger partial charge in [0.25, 0.3) is 0 Å². The van der Waals surface area contributed by atoms with Gasteiger partial charge in [-0.15, -0.1) is 0 Å². The molecule has 4 rings (SSSR count). The number of fused-ring (bicyclic) bond motifs is 2. The summed E-state index contributed by atoms with van der Waals surface area (Å²) in [4.78, 5) is 29.6. The van der Waals surface area contributed by atoms with Crippen LogP contribution in [-0.4, -0.2) is 69.2 Å². The number of hydrogen-bond acceptors (Lipinski definition) is 10. The van der Waals surface area contributed by atoms with Crippen LogP contribution in [0.1, 0.15) is 79.7 Å². The van der Waals surface area contributed by atoms with E-state index in [1.165, 1.54) is 7.11 Å². The Morgan fingerprint density at radius 2 is 1.87 bits per heavy atom. The van der Waals surface area contributed by atoms with Gasteiger partial charge in [0.15, 0.2) is 12.6 Å². The first-order chi connectivity index (χ1) is 21.6. The maximum absolute atomic E-state index is 13.7. The van der Waals surface area contributed by atoms with Crippen molar-refractivity contribution in [3.8, 4) is 11.5 Å². The molecule has 2 aliphatic rings. The van der Waals surface area contributed by atoms with Gasteiger partial charge in [-0.05, 0) is 88.1 Å². The Balaban J connectivity index is 1.66. The molecular weight excluding hydrogens is 582 g/mol. The Bertz CT molecular complexity index is 1350. The number of benzene rings is 2. The summed E-state index contributed by atoms with van der Waals surface area (Å²) < 4.78 is 41.6. The summed E-state index contributed by atoms with van der Waals surface area (Å²) in [6.07, 6.45) is 0.874. The van der Waals surface area contributed by atoms with Gasteiger partial charge in [-0.25, -0.2) is 9.59 Å².